The summed E-state index contributed by atoms with van der Waals surface area (Å²) in [5.41, 5.74) is 1.85. The summed E-state index contributed by atoms with van der Waals surface area (Å²) in [6.45, 7) is 8.21. The highest BCUT2D eigenvalue weighted by Crippen LogP contribution is 2.13. The SMILES string of the molecule is Cc1nc(CN(C)C(=O)c2ccc(CNC(=O)OC(C)(C)C)cc2)cs1. The molecule has 1 N–H and O–H groups in total. The van der Waals surface area contributed by atoms with E-state index < -0.39 is 11.7 Å². The molecule has 2 amide bonds. The van der Waals surface area contributed by atoms with Crippen LogP contribution in [0.3, 0.4) is 0 Å². The molecule has 140 valence electrons. The third-order valence-electron chi connectivity index (χ3n) is 3.45. The van der Waals surface area contributed by atoms with Crippen molar-refractivity contribution in [2.75, 3.05) is 7.05 Å². The molecule has 0 fully saturated rings. The number of rotatable bonds is 5. The third-order valence-corrected chi connectivity index (χ3v) is 4.27. The van der Waals surface area contributed by atoms with E-state index in [1.165, 1.54) is 0 Å². The zero-order chi connectivity index (χ0) is 19.3. The minimum atomic E-state index is -0.527. The Labute approximate surface area is 158 Å². The lowest BCUT2D eigenvalue weighted by molar-refractivity contribution is 0.0523. The van der Waals surface area contributed by atoms with Gasteiger partial charge in [0.1, 0.15) is 5.60 Å². The first-order valence-corrected chi connectivity index (χ1v) is 9.24. The Hall–Kier alpha value is -2.41. The second-order valence-corrected chi connectivity index (χ2v) is 8.13. The van der Waals surface area contributed by atoms with Gasteiger partial charge >= 0.3 is 6.09 Å². The summed E-state index contributed by atoms with van der Waals surface area (Å²) in [5, 5.41) is 5.65. The summed E-state index contributed by atoms with van der Waals surface area (Å²) in [4.78, 5) is 30.2. The van der Waals surface area contributed by atoms with Crippen LogP contribution in [0.5, 0.6) is 0 Å². The molecule has 0 unspecified atom stereocenters. The maximum Gasteiger partial charge on any atom is 0.407 e. The number of hydrogen-bond donors (Lipinski definition) is 1. The number of hydrogen-bond acceptors (Lipinski definition) is 5. The van der Waals surface area contributed by atoms with Gasteiger partial charge in [-0.1, -0.05) is 12.1 Å². The van der Waals surface area contributed by atoms with Gasteiger partial charge in [0.15, 0.2) is 0 Å². The minimum Gasteiger partial charge on any atom is -0.444 e. The molecule has 0 aliphatic carbocycles. The van der Waals surface area contributed by atoms with Crippen molar-refractivity contribution in [2.24, 2.45) is 0 Å². The van der Waals surface area contributed by atoms with Crippen molar-refractivity contribution in [3.05, 3.63) is 51.5 Å². The molecule has 0 bridgehead atoms. The van der Waals surface area contributed by atoms with Crippen molar-refractivity contribution in [1.29, 1.82) is 0 Å². The first-order valence-electron chi connectivity index (χ1n) is 8.36. The molecule has 0 aliphatic heterocycles. The number of amides is 2. The van der Waals surface area contributed by atoms with E-state index in [9.17, 15) is 9.59 Å². The molecule has 2 rings (SSSR count). The van der Waals surface area contributed by atoms with Gasteiger partial charge in [-0.2, -0.15) is 0 Å². The number of nitrogens with zero attached hydrogens (tertiary/aromatic N) is 2. The van der Waals surface area contributed by atoms with Crippen LogP contribution < -0.4 is 5.32 Å². The van der Waals surface area contributed by atoms with E-state index in [1.807, 2.05) is 45.2 Å². The van der Waals surface area contributed by atoms with Crippen LogP contribution in [0.1, 0.15) is 47.4 Å². The van der Waals surface area contributed by atoms with Crippen LogP contribution in [-0.2, 0) is 17.8 Å². The highest BCUT2D eigenvalue weighted by Gasteiger charge is 2.16. The summed E-state index contributed by atoms with van der Waals surface area (Å²) >= 11 is 1.57. The van der Waals surface area contributed by atoms with Gasteiger partial charge < -0.3 is 15.0 Å². The van der Waals surface area contributed by atoms with Crippen LogP contribution in [-0.4, -0.2) is 34.5 Å². The van der Waals surface area contributed by atoms with Crippen molar-refractivity contribution < 1.29 is 14.3 Å². The number of thiazole rings is 1. The molecular formula is C19H25N3O3S. The van der Waals surface area contributed by atoms with Gasteiger partial charge in [-0.25, -0.2) is 9.78 Å². The number of nitrogens with one attached hydrogen (secondary N) is 1. The lowest BCUT2D eigenvalue weighted by Crippen LogP contribution is -2.32. The smallest absolute Gasteiger partial charge is 0.407 e. The predicted molar refractivity (Wildman–Crippen MR) is 102 cm³/mol. The predicted octanol–water partition coefficient (Wildman–Crippen LogP) is 3.75. The number of carbonyl (C=O) groups is 2. The number of ether oxygens (including phenoxy) is 1. The van der Waals surface area contributed by atoms with Gasteiger partial charge in [-0.05, 0) is 45.4 Å². The number of benzene rings is 1. The van der Waals surface area contributed by atoms with Crippen LogP contribution in [0, 0.1) is 6.92 Å². The second kappa shape index (κ2) is 8.31. The third kappa shape index (κ3) is 6.15. The molecule has 1 aromatic heterocycles. The van der Waals surface area contributed by atoms with Gasteiger partial charge in [0.25, 0.3) is 5.91 Å². The maximum atomic E-state index is 12.5. The van der Waals surface area contributed by atoms with E-state index in [2.05, 4.69) is 10.3 Å². The highest BCUT2D eigenvalue weighted by atomic mass is 32.1. The quantitative estimate of drug-likeness (QED) is 0.864. The average Bonchev–Trinajstić information content (AvgIpc) is 2.96. The topological polar surface area (TPSA) is 71.5 Å². The average molecular weight is 375 g/mol. The van der Waals surface area contributed by atoms with Gasteiger partial charge in [-0.3, -0.25) is 4.79 Å². The monoisotopic (exact) mass is 375 g/mol. The lowest BCUT2D eigenvalue weighted by atomic mass is 10.1. The number of carbonyl (C=O) groups excluding carboxylic acids is 2. The fourth-order valence-electron chi connectivity index (χ4n) is 2.27. The summed E-state index contributed by atoms with van der Waals surface area (Å²) in [7, 11) is 1.76. The molecule has 0 spiro atoms. The van der Waals surface area contributed by atoms with Gasteiger partial charge in [-0.15, -0.1) is 11.3 Å². The molecule has 0 saturated carbocycles. The van der Waals surface area contributed by atoms with Crippen LogP contribution in [0.2, 0.25) is 0 Å². The first-order chi connectivity index (χ1) is 12.1. The number of aromatic nitrogens is 1. The van der Waals surface area contributed by atoms with Gasteiger partial charge in [0, 0.05) is 24.5 Å². The number of aryl methyl sites for hydroxylation is 1. The Balaban J connectivity index is 1.89. The van der Waals surface area contributed by atoms with Gasteiger partial charge in [0.05, 0.1) is 17.2 Å². The lowest BCUT2D eigenvalue weighted by Gasteiger charge is -2.19. The molecule has 7 heteroatoms. The van der Waals surface area contributed by atoms with E-state index in [0.717, 1.165) is 16.3 Å². The van der Waals surface area contributed by atoms with Crippen LogP contribution in [0.25, 0.3) is 0 Å². The normalized spacial score (nSPS) is 11.1. The molecule has 1 aromatic carbocycles. The van der Waals surface area contributed by atoms with E-state index in [-0.39, 0.29) is 5.91 Å². The van der Waals surface area contributed by atoms with Crippen molar-refractivity contribution in [3.8, 4) is 0 Å². The Morgan fingerprint density at radius 3 is 2.42 bits per heavy atom. The van der Waals surface area contributed by atoms with E-state index in [4.69, 9.17) is 4.74 Å². The summed E-state index contributed by atoms with van der Waals surface area (Å²) in [6, 6.07) is 7.17. The molecule has 0 aliphatic rings. The summed E-state index contributed by atoms with van der Waals surface area (Å²) in [6.07, 6.45) is -0.462. The van der Waals surface area contributed by atoms with E-state index in [1.54, 1.807) is 35.4 Å². The summed E-state index contributed by atoms with van der Waals surface area (Å²) in [5.74, 6) is -0.0673. The molecule has 0 atom stereocenters. The zero-order valence-corrected chi connectivity index (χ0v) is 16.6. The molecular weight excluding hydrogens is 350 g/mol. The fourth-order valence-corrected chi connectivity index (χ4v) is 2.87. The van der Waals surface area contributed by atoms with Crippen molar-refractivity contribution in [2.45, 2.75) is 46.4 Å². The molecule has 1 heterocycles. The van der Waals surface area contributed by atoms with Crippen LogP contribution >= 0.6 is 11.3 Å². The highest BCUT2D eigenvalue weighted by molar-refractivity contribution is 7.09. The van der Waals surface area contributed by atoms with Gasteiger partial charge in [0.2, 0.25) is 0 Å². The molecule has 26 heavy (non-hydrogen) atoms. The first kappa shape index (κ1) is 19.9. The van der Waals surface area contributed by atoms with E-state index in [0.29, 0.717) is 18.7 Å². The Bertz CT molecular complexity index is 763. The second-order valence-electron chi connectivity index (χ2n) is 7.07. The fraction of sp³-hybridized carbons (Fsp3) is 0.421. The van der Waals surface area contributed by atoms with Crippen molar-refractivity contribution in [3.63, 3.8) is 0 Å². The summed E-state index contributed by atoms with van der Waals surface area (Å²) < 4.78 is 5.20. The Morgan fingerprint density at radius 2 is 1.88 bits per heavy atom. The maximum absolute atomic E-state index is 12.5. The molecule has 0 saturated heterocycles. The van der Waals surface area contributed by atoms with Crippen molar-refractivity contribution in [1.82, 2.24) is 15.2 Å². The largest absolute Gasteiger partial charge is 0.444 e. The molecule has 2 aromatic rings. The number of alkyl carbamates (subject to hydrolysis) is 1. The standard InChI is InChI=1S/C19H25N3O3S/c1-13-21-16(12-26-13)11-22(5)17(23)15-8-6-14(7-9-15)10-20-18(24)25-19(2,3)4/h6-9,12H,10-11H2,1-5H3,(H,20,24). The Kier molecular flexibility index (Phi) is 6.37. The molecule has 6 nitrogen and oxygen atoms in total. The molecule has 0 radical (unpaired) electrons. The van der Waals surface area contributed by atoms with Crippen molar-refractivity contribution >= 4 is 23.3 Å². The van der Waals surface area contributed by atoms with E-state index >= 15 is 0 Å². The zero-order valence-electron chi connectivity index (χ0n) is 15.8. The van der Waals surface area contributed by atoms with Crippen LogP contribution in [0.4, 0.5) is 4.79 Å². The van der Waals surface area contributed by atoms with Crippen LogP contribution in [0.15, 0.2) is 29.6 Å². The Morgan fingerprint density at radius 1 is 1.23 bits per heavy atom. The minimum absolute atomic E-state index is 0.0673.